The Morgan fingerprint density at radius 1 is 1.14 bits per heavy atom. The van der Waals surface area contributed by atoms with Crippen molar-refractivity contribution in [3.63, 3.8) is 0 Å². The average Bonchev–Trinajstić information content (AvgIpc) is 3.57. The lowest BCUT2D eigenvalue weighted by Crippen LogP contribution is -2.31. The van der Waals surface area contributed by atoms with Crippen LogP contribution in [0.25, 0.3) is 5.76 Å². The zero-order chi connectivity index (χ0) is 25.4. The molecule has 1 amide bonds. The molecule has 0 spiro atoms. The Labute approximate surface area is 211 Å². The van der Waals surface area contributed by atoms with Gasteiger partial charge in [0.25, 0.3) is 11.7 Å². The van der Waals surface area contributed by atoms with E-state index in [9.17, 15) is 14.7 Å². The van der Waals surface area contributed by atoms with Gasteiger partial charge in [0.15, 0.2) is 0 Å². The lowest BCUT2D eigenvalue weighted by molar-refractivity contribution is -0.139. The standard InChI is InChI=1S/C29H31N3O4/c1-18(2)20-5-7-21(8-6-20)26-25(27(33)22-9-10-24-23(16-22)15-19(3)36-24)28(34)29(35)32(26)13-4-12-31-14-11-30-17-31/h5-11,14,16-19,26,33H,4,12-13,15H2,1-3H3/b27-25+/t19-,26+/m0/s1. The molecule has 0 radical (unpaired) electrons. The van der Waals surface area contributed by atoms with Crippen molar-refractivity contribution in [2.24, 2.45) is 0 Å². The molecule has 1 N–H and O–H groups in total. The van der Waals surface area contributed by atoms with Gasteiger partial charge in [-0.1, -0.05) is 38.1 Å². The number of benzene rings is 2. The highest BCUT2D eigenvalue weighted by Crippen LogP contribution is 2.41. The van der Waals surface area contributed by atoms with Gasteiger partial charge in [0, 0.05) is 37.5 Å². The first-order valence-corrected chi connectivity index (χ1v) is 12.5. The molecule has 2 atom stereocenters. The smallest absolute Gasteiger partial charge is 0.295 e. The number of hydrogen-bond donors (Lipinski definition) is 1. The number of aromatic nitrogens is 2. The summed E-state index contributed by atoms with van der Waals surface area (Å²) in [6.45, 7) is 7.29. The quantitative estimate of drug-likeness (QED) is 0.294. The van der Waals surface area contributed by atoms with Gasteiger partial charge >= 0.3 is 0 Å². The molecule has 3 aromatic rings. The van der Waals surface area contributed by atoms with Crippen LogP contribution in [-0.4, -0.2) is 43.9 Å². The number of ether oxygens (including phenoxy) is 1. The van der Waals surface area contributed by atoms with Crippen LogP contribution in [0.4, 0.5) is 0 Å². The van der Waals surface area contributed by atoms with Crippen molar-refractivity contribution in [3.05, 3.63) is 89.0 Å². The average molecular weight is 486 g/mol. The Kier molecular flexibility index (Phi) is 6.39. The molecule has 1 saturated heterocycles. The third-order valence-electron chi connectivity index (χ3n) is 7.00. The molecule has 2 aromatic carbocycles. The van der Waals surface area contributed by atoms with E-state index in [1.165, 1.54) is 5.56 Å². The van der Waals surface area contributed by atoms with Crippen LogP contribution < -0.4 is 4.74 Å². The van der Waals surface area contributed by atoms with Crippen LogP contribution in [0, 0.1) is 0 Å². The van der Waals surface area contributed by atoms with Gasteiger partial charge in [-0.3, -0.25) is 9.59 Å². The van der Waals surface area contributed by atoms with Crippen LogP contribution in [-0.2, 0) is 22.6 Å². The van der Waals surface area contributed by atoms with Crippen molar-refractivity contribution in [3.8, 4) is 5.75 Å². The van der Waals surface area contributed by atoms with Gasteiger partial charge in [0.1, 0.15) is 17.6 Å². The van der Waals surface area contributed by atoms with Crippen molar-refractivity contribution in [2.75, 3.05) is 6.54 Å². The van der Waals surface area contributed by atoms with E-state index >= 15 is 0 Å². The second-order valence-corrected chi connectivity index (χ2v) is 9.92. The van der Waals surface area contributed by atoms with E-state index in [-0.39, 0.29) is 17.4 Å². The number of ketones is 1. The van der Waals surface area contributed by atoms with Crippen LogP contribution >= 0.6 is 0 Å². The van der Waals surface area contributed by atoms with Crippen LogP contribution in [0.1, 0.15) is 61.4 Å². The number of likely N-dealkylation sites (tertiary alicyclic amines) is 1. The topological polar surface area (TPSA) is 84.7 Å². The number of carbonyl (C=O) groups is 2. The van der Waals surface area contributed by atoms with Gasteiger partial charge in [-0.2, -0.15) is 0 Å². The highest BCUT2D eigenvalue weighted by molar-refractivity contribution is 6.46. The molecule has 3 heterocycles. The maximum atomic E-state index is 13.3. The van der Waals surface area contributed by atoms with Gasteiger partial charge in [-0.05, 0) is 54.2 Å². The molecule has 0 bridgehead atoms. The highest BCUT2D eigenvalue weighted by atomic mass is 16.5. The van der Waals surface area contributed by atoms with Crippen LogP contribution in [0.2, 0.25) is 0 Å². The number of hydrogen-bond acceptors (Lipinski definition) is 5. The fourth-order valence-electron chi connectivity index (χ4n) is 5.09. The predicted octanol–water partition coefficient (Wildman–Crippen LogP) is 4.84. The van der Waals surface area contributed by atoms with Crippen molar-refractivity contribution in [1.29, 1.82) is 0 Å². The predicted molar refractivity (Wildman–Crippen MR) is 137 cm³/mol. The van der Waals surface area contributed by atoms with Crippen LogP contribution in [0.3, 0.4) is 0 Å². The van der Waals surface area contributed by atoms with Crippen LogP contribution in [0.15, 0.2) is 66.8 Å². The molecule has 0 unspecified atom stereocenters. The number of Topliss-reactive ketones (excluding diaryl/α,β-unsaturated/α-hetero) is 1. The van der Waals surface area contributed by atoms with Gasteiger partial charge < -0.3 is 19.3 Å². The minimum atomic E-state index is -0.655. The second kappa shape index (κ2) is 9.64. The van der Waals surface area contributed by atoms with Gasteiger partial charge in [0.05, 0.1) is 17.9 Å². The zero-order valence-corrected chi connectivity index (χ0v) is 20.8. The van der Waals surface area contributed by atoms with E-state index in [0.29, 0.717) is 31.0 Å². The number of rotatable bonds is 7. The Bertz CT molecular complexity index is 1310. The molecular formula is C29H31N3O4. The van der Waals surface area contributed by atoms with Crippen molar-refractivity contribution >= 4 is 17.4 Å². The summed E-state index contributed by atoms with van der Waals surface area (Å²) in [6.07, 6.45) is 6.77. The second-order valence-electron chi connectivity index (χ2n) is 9.92. The SMILES string of the molecule is CC(C)c1ccc([C@@H]2/C(=C(\O)c3ccc4c(c3)C[C@H](C)O4)C(=O)C(=O)N2CCCn2ccnc2)cc1. The van der Waals surface area contributed by atoms with E-state index in [0.717, 1.165) is 23.3 Å². The number of imidazole rings is 1. The summed E-state index contributed by atoms with van der Waals surface area (Å²) in [5.74, 6) is -0.237. The summed E-state index contributed by atoms with van der Waals surface area (Å²) >= 11 is 0. The summed E-state index contributed by atoms with van der Waals surface area (Å²) in [5, 5.41) is 11.4. The largest absolute Gasteiger partial charge is 0.507 e. The fourth-order valence-corrected chi connectivity index (χ4v) is 5.09. The molecule has 0 aliphatic carbocycles. The highest BCUT2D eigenvalue weighted by Gasteiger charge is 2.45. The normalized spacial score (nSPS) is 20.7. The Hall–Kier alpha value is -3.87. The van der Waals surface area contributed by atoms with E-state index in [1.54, 1.807) is 23.5 Å². The molecule has 0 saturated carbocycles. The maximum absolute atomic E-state index is 13.3. The van der Waals surface area contributed by atoms with E-state index in [2.05, 4.69) is 18.8 Å². The van der Waals surface area contributed by atoms with Crippen molar-refractivity contribution < 1.29 is 19.4 Å². The van der Waals surface area contributed by atoms with Crippen molar-refractivity contribution in [2.45, 2.75) is 58.2 Å². The number of aliphatic hydroxyl groups is 1. The molecule has 7 heteroatoms. The summed E-state index contributed by atoms with van der Waals surface area (Å²) in [6, 6.07) is 12.7. The fraction of sp³-hybridized carbons (Fsp3) is 0.345. The van der Waals surface area contributed by atoms with Gasteiger partial charge in [0.2, 0.25) is 0 Å². The van der Waals surface area contributed by atoms with E-state index < -0.39 is 17.7 Å². The minimum Gasteiger partial charge on any atom is -0.507 e. The van der Waals surface area contributed by atoms with Gasteiger partial charge in [-0.15, -0.1) is 0 Å². The Balaban J connectivity index is 1.53. The third-order valence-corrected chi connectivity index (χ3v) is 7.00. The number of carbonyl (C=O) groups excluding carboxylic acids is 2. The third kappa shape index (κ3) is 4.41. The van der Waals surface area contributed by atoms with Crippen molar-refractivity contribution in [1.82, 2.24) is 14.5 Å². The molecule has 1 aromatic heterocycles. The lowest BCUT2D eigenvalue weighted by atomic mass is 9.92. The number of amides is 1. The summed E-state index contributed by atoms with van der Waals surface area (Å²) < 4.78 is 7.73. The number of fused-ring (bicyclic) bond motifs is 1. The van der Waals surface area contributed by atoms with Crippen LogP contribution in [0.5, 0.6) is 5.75 Å². The monoisotopic (exact) mass is 485 g/mol. The maximum Gasteiger partial charge on any atom is 0.295 e. The van der Waals surface area contributed by atoms with Gasteiger partial charge in [-0.25, -0.2) is 4.98 Å². The number of aliphatic hydroxyl groups excluding tert-OH is 1. The summed E-state index contributed by atoms with van der Waals surface area (Å²) in [4.78, 5) is 32.2. The molecule has 2 aliphatic heterocycles. The molecule has 36 heavy (non-hydrogen) atoms. The number of aryl methyl sites for hydroxylation is 1. The molecule has 1 fully saturated rings. The zero-order valence-electron chi connectivity index (χ0n) is 20.8. The van der Waals surface area contributed by atoms with E-state index in [1.807, 2.05) is 54.1 Å². The summed E-state index contributed by atoms with van der Waals surface area (Å²) in [7, 11) is 0. The first kappa shape index (κ1) is 23.9. The Morgan fingerprint density at radius 3 is 2.61 bits per heavy atom. The first-order valence-electron chi connectivity index (χ1n) is 12.5. The molecule has 5 rings (SSSR count). The minimum absolute atomic E-state index is 0.0675. The molecule has 2 aliphatic rings. The molecule has 7 nitrogen and oxygen atoms in total. The molecular weight excluding hydrogens is 454 g/mol. The molecule has 186 valence electrons. The summed E-state index contributed by atoms with van der Waals surface area (Å²) in [5.41, 5.74) is 3.61. The first-order chi connectivity index (χ1) is 17.3. The number of nitrogens with zero attached hydrogens (tertiary/aromatic N) is 3. The van der Waals surface area contributed by atoms with E-state index in [4.69, 9.17) is 4.74 Å². The Morgan fingerprint density at radius 2 is 1.92 bits per heavy atom. The lowest BCUT2D eigenvalue weighted by Gasteiger charge is -2.26.